The number of hydrogen-bond acceptors (Lipinski definition) is 4. The van der Waals surface area contributed by atoms with Crippen LogP contribution in [0.3, 0.4) is 0 Å². The second-order valence-corrected chi connectivity index (χ2v) is 6.29. The van der Waals surface area contributed by atoms with Crippen LogP contribution >= 0.6 is 23.1 Å². The summed E-state index contributed by atoms with van der Waals surface area (Å²) < 4.78 is 0. The van der Waals surface area contributed by atoms with Crippen LogP contribution in [0, 0.1) is 0 Å². The quantitative estimate of drug-likeness (QED) is 0.814. The van der Waals surface area contributed by atoms with Gasteiger partial charge in [-0.15, -0.1) is 23.1 Å². The molecule has 96 valence electrons. The Morgan fingerprint density at radius 3 is 2.67 bits per heavy atom. The highest BCUT2D eigenvalue weighted by Crippen LogP contribution is 2.23. The highest BCUT2D eigenvalue weighted by Gasteiger charge is 2.11. The molecule has 1 heterocycles. The normalized spacial score (nSPS) is 12.6. The molecule has 0 aliphatic rings. The van der Waals surface area contributed by atoms with Crippen molar-refractivity contribution < 1.29 is 0 Å². The number of aromatic nitrogens is 1. The Labute approximate surface area is 117 Å². The fourth-order valence-corrected chi connectivity index (χ4v) is 3.20. The number of thiazole rings is 1. The summed E-state index contributed by atoms with van der Waals surface area (Å²) in [5.74, 6) is 1.12. The molecule has 0 saturated carbocycles. The van der Waals surface area contributed by atoms with E-state index in [1.54, 1.807) is 11.3 Å². The van der Waals surface area contributed by atoms with E-state index in [1.165, 1.54) is 15.5 Å². The van der Waals surface area contributed by atoms with Crippen molar-refractivity contribution in [1.82, 2.24) is 10.3 Å². The van der Waals surface area contributed by atoms with Crippen LogP contribution in [-0.2, 0) is 6.42 Å². The molecule has 0 amide bonds. The van der Waals surface area contributed by atoms with Gasteiger partial charge in [0.2, 0.25) is 0 Å². The van der Waals surface area contributed by atoms with Gasteiger partial charge in [-0.2, -0.15) is 0 Å². The Kier molecular flexibility index (Phi) is 5.23. The Morgan fingerprint density at radius 1 is 1.33 bits per heavy atom. The zero-order valence-corrected chi connectivity index (χ0v) is 12.4. The highest BCUT2D eigenvalue weighted by atomic mass is 32.2. The highest BCUT2D eigenvalue weighted by molar-refractivity contribution is 7.99. The van der Waals surface area contributed by atoms with E-state index in [1.807, 2.05) is 30.4 Å². The van der Waals surface area contributed by atoms with E-state index in [9.17, 15) is 0 Å². The van der Waals surface area contributed by atoms with Gasteiger partial charge in [0.1, 0.15) is 0 Å². The SMILES string of the molecule is CCSc1ccc(C(Cc2nccs2)NC)cc1. The zero-order valence-electron chi connectivity index (χ0n) is 10.7. The summed E-state index contributed by atoms with van der Waals surface area (Å²) in [6, 6.07) is 9.18. The van der Waals surface area contributed by atoms with Crippen molar-refractivity contribution in [2.75, 3.05) is 12.8 Å². The number of nitrogens with zero attached hydrogens (tertiary/aromatic N) is 1. The maximum absolute atomic E-state index is 4.35. The third-order valence-corrected chi connectivity index (χ3v) is 4.50. The lowest BCUT2D eigenvalue weighted by Gasteiger charge is -2.15. The predicted molar refractivity (Wildman–Crippen MR) is 80.5 cm³/mol. The average molecular weight is 278 g/mol. The molecule has 0 radical (unpaired) electrons. The van der Waals surface area contributed by atoms with Gasteiger partial charge in [0.15, 0.2) is 0 Å². The van der Waals surface area contributed by atoms with Gasteiger partial charge in [-0.25, -0.2) is 4.98 Å². The first-order valence-corrected chi connectivity index (χ1v) is 7.98. The fraction of sp³-hybridized carbons (Fsp3) is 0.357. The van der Waals surface area contributed by atoms with E-state index >= 15 is 0 Å². The monoisotopic (exact) mass is 278 g/mol. The molecule has 2 rings (SSSR count). The molecule has 0 aliphatic carbocycles. The van der Waals surface area contributed by atoms with Gasteiger partial charge in [0.05, 0.1) is 5.01 Å². The van der Waals surface area contributed by atoms with Crippen molar-refractivity contribution in [3.05, 3.63) is 46.4 Å². The smallest absolute Gasteiger partial charge is 0.0943 e. The van der Waals surface area contributed by atoms with Gasteiger partial charge in [-0.1, -0.05) is 19.1 Å². The van der Waals surface area contributed by atoms with Crippen LogP contribution < -0.4 is 5.32 Å². The molecule has 2 aromatic rings. The van der Waals surface area contributed by atoms with Gasteiger partial charge >= 0.3 is 0 Å². The number of nitrogens with one attached hydrogen (secondary N) is 1. The van der Waals surface area contributed by atoms with E-state index < -0.39 is 0 Å². The fourth-order valence-electron chi connectivity index (χ4n) is 1.88. The van der Waals surface area contributed by atoms with Crippen molar-refractivity contribution in [3.63, 3.8) is 0 Å². The summed E-state index contributed by atoms with van der Waals surface area (Å²) >= 11 is 3.60. The summed E-state index contributed by atoms with van der Waals surface area (Å²) in [5, 5.41) is 6.58. The molecule has 1 unspecified atom stereocenters. The molecule has 4 heteroatoms. The first-order chi connectivity index (χ1) is 8.83. The zero-order chi connectivity index (χ0) is 12.8. The number of hydrogen-bond donors (Lipinski definition) is 1. The van der Waals surface area contributed by atoms with Crippen LogP contribution in [-0.4, -0.2) is 17.8 Å². The van der Waals surface area contributed by atoms with Gasteiger partial charge in [-0.05, 0) is 30.5 Å². The van der Waals surface area contributed by atoms with Crippen LogP contribution in [0.4, 0.5) is 0 Å². The number of likely N-dealkylation sites (N-methyl/N-ethyl adjacent to an activating group) is 1. The molecule has 1 aromatic carbocycles. The second kappa shape index (κ2) is 6.92. The minimum atomic E-state index is 0.344. The van der Waals surface area contributed by atoms with Gasteiger partial charge in [0.25, 0.3) is 0 Å². The van der Waals surface area contributed by atoms with Crippen LogP contribution in [0.5, 0.6) is 0 Å². The Bertz CT molecular complexity index is 451. The predicted octanol–water partition coefficient (Wildman–Crippen LogP) is 3.76. The number of rotatable bonds is 6. The molecule has 0 bridgehead atoms. The largest absolute Gasteiger partial charge is 0.313 e. The Hall–Kier alpha value is -0.840. The standard InChI is InChI=1S/C14H18N2S2/c1-3-17-12-6-4-11(5-7-12)13(15-2)10-14-16-8-9-18-14/h4-9,13,15H,3,10H2,1-2H3. The summed E-state index contributed by atoms with van der Waals surface area (Å²) in [6.45, 7) is 2.18. The van der Waals surface area contributed by atoms with Gasteiger partial charge < -0.3 is 5.32 Å². The summed E-state index contributed by atoms with van der Waals surface area (Å²) in [6.07, 6.45) is 2.82. The summed E-state index contributed by atoms with van der Waals surface area (Å²) in [4.78, 5) is 5.69. The topological polar surface area (TPSA) is 24.9 Å². The molecule has 0 saturated heterocycles. The van der Waals surface area contributed by atoms with Gasteiger partial charge in [-0.3, -0.25) is 0 Å². The average Bonchev–Trinajstić information content (AvgIpc) is 2.90. The van der Waals surface area contributed by atoms with Crippen LogP contribution in [0.2, 0.25) is 0 Å². The van der Waals surface area contributed by atoms with Crippen molar-refractivity contribution in [3.8, 4) is 0 Å². The number of thioether (sulfide) groups is 1. The molecule has 18 heavy (non-hydrogen) atoms. The van der Waals surface area contributed by atoms with Crippen molar-refractivity contribution in [2.24, 2.45) is 0 Å². The molecular formula is C14H18N2S2. The van der Waals surface area contributed by atoms with Gasteiger partial charge in [0, 0.05) is 28.9 Å². The van der Waals surface area contributed by atoms with E-state index in [0.717, 1.165) is 12.2 Å². The first-order valence-electron chi connectivity index (χ1n) is 6.12. The molecule has 0 spiro atoms. The van der Waals surface area contributed by atoms with Crippen LogP contribution in [0.1, 0.15) is 23.5 Å². The molecule has 1 aromatic heterocycles. The molecule has 1 N–H and O–H groups in total. The van der Waals surface area contributed by atoms with Crippen LogP contribution in [0.15, 0.2) is 40.7 Å². The summed E-state index contributed by atoms with van der Waals surface area (Å²) in [7, 11) is 2.01. The third-order valence-electron chi connectivity index (χ3n) is 2.80. The number of benzene rings is 1. The molecule has 0 aliphatic heterocycles. The molecule has 1 atom stereocenters. The second-order valence-electron chi connectivity index (χ2n) is 3.97. The van der Waals surface area contributed by atoms with E-state index in [2.05, 4.69) is 41.5 Å². The lowest BCUT2D eigenvalue weighted by atomic mass is 10.0. The molecular weight excluding hydrogens is 260 g/mol. The van der Waals surface area contributed by atoms with Crippen molar-refractivity contribution >= 4 is 23.1 Å². The Morgan fingerprint density at radius 2 is 2.11 bits per heavy atom. The first kappa shape index (κ1) is 13.6. The van der Waals surface area contributed by atoms with Crippen LogP contribution in [0.25, 0.3) is 0 Å². The van der Waals surface area contributed by atoms with E-state index in [4.69, 9.17) is 0 Å². The van der Waals surface area contributed by atoms with E-state index in [0.29, 0.717) is 6.04 Å². The van der Waals surface area contributed by atoms with Crippen molar-refractivity contribution in [1.29, 1.82) is 0 Å². The van der Waals surface area contributed by atoms with E-state index in [-0.39, 0.29) is 0 Å². The lowest BCUT2D eigenvalue weighted by molar-refractivity contribution is 0.590. The minimum Gasteiger partial charge on any atom is -0.313 e. The molecule has 0 fully saturated rings. The maximum atomic E-state index is 4.35. The molecule has 2 nitrogen and oxygen atoms in total. The lowest BCUT2D eigenvalue weighted by Crippen LogP contribution is -2.18. The summed E-state index contributed by atoms with van der Waals surface area (Å²) in [5.41, 5.74) is 1.33. The Balaban J connectivity index is 2.07. The van der Waals surface area contributed by atoms with Crippen molar-refractivity contribution in [2.45, 2.75) is 24.3 Å². The minimum absolute atomic E-state index is 0.344. The maximum Gasteiger partial charge on any atom is 0.0943 e. The third kappa shape index (κ3) is 3.57.